The lowest BCUT2D eigenvalue weighted by molar-refractivity contribution is 0.0772. The maximum atomic E-state index is 12.6. The second-order valence-electron chi connectivity index (χ2n) is 4.74. The van der Waals surface area contributed by atoms with E-state index in [0.29, 0.717) is 10.6 Å². The van der Waals surface area contributed by atoms with Crippen LogP contribution in [0.15, 0.2) is 24.3 Å². The smallest absolute Gasteiger partial charge is 0.266 e. The quantitative estimate of drug-likeness (QED) is 0.836. The molecule has 1 aliphatic heterocycles. The van der Waals surface area contributed by atoms with E-state index in [0.717, 1.165) is 42.7 Å². The summed E-state index contributed by atoms with van der Waals surface area (Å²) >= 11 is 1.50. The lowest BCUT2D eigenvalue weighted by atomic mass is 10.2. The Kier molecular flexibility index (Phi) is 3.40. The molecule has 0 radical (unpaired) electrons. The number of nitrogens with one attached hydrogen (secondary N) is 1. The van der Waals surface area contributed by atoms with Gasteiger partial charge in [0.25, 0.3) is 5.91 Å². The Hall–Kier alpha value is -1.59. The highest BCUT2D eigenvalue weighted by atomic mass is 32.1. The van der Waals surface area contributed by atoms with Crippen LogP contribution in [0.25, 0.3) is 10.1 Å². The molecule has 19 heavy (non-hydrogen) atoms. The number of thiophene rings is 1. The first-order valence-corrected chi connectivity index (χ1v) is 7.36. The molecular weight excluding hydrogens is 258 g/mol. The summed E-state index contributed by atoms with van der Waals surface area (Å²) in [5.74, 6) is 0.0717. The monoisotopic (exact) mass is 275 g/mol. The molecule has 100 valence electrons. The zero-order valence-electron chi connectivity index (χ0n) is 10.7. The first kappa shape index (κ1) is 12.4. The van der Waals surface area contributed by atoms with Gasteiger partial charge in [-0.05, 0) is 19.0 Å². The summed E-state index contributed by atoms with van der Waals surface area (Å²) in [4.78, 5) is 15.2. The Morgan fingerprint density at radius 1 is 1.26 bits per heavy atom. The van der Waals surface area contributed by atoms with Gasteiger partial charge < -0.3 is 16.0 Å². The van der Waals surface area contributed by atoms with Gasteiger partial charge in [0.2, 0.25) is 0 Å². The summed E-state index contributed by atoms with van der Waals surface area (Å²) in [6.07, 6.45) is 0.997. The van der Waals surface area contributed by atoms with Crippen LogP contribution in [0.4, 0.5) is 5.69 Å². The highest BCUT2D eigenvalue weighted by molar-refractivity contribution is 7.21. The van der Waals surface area contributed by atoms with E-state index in [1.807, 2.05) is 29.2 Å². The minimum atomic E-state index is 0.0717. The average molecular weight is 275 g/mol. The van der Waals surface area contributed by atoms with E-state index in [2.05, 4.69) is 5.32 Å². The number of nitrogens with zero attached hydrogens (tertiary/aromatic N) is 1. The van der Waals surface area contributed by atoms with Crippen molar-refractivity contribution in [1.29, 1.82) is 0 Å². The zero-order valence-corrected chi connectivity index (χ0v) is 11.5. The topological polar surface area (TPSA) is 58.4 Å². The lowest BCUT2D eigenvalue weighted by Crippen LogP contribution is -2.34. The van der Waals surface area contributed by atoms with Gasteiger partial charge in [0.15, 0.2) is 0 Å². The fourth-order valence-corrected chi connectivity index (χ4v) is 3.51. The Morgan fingerprint density at radius 3 is 2.95 bits per heavy atom. The normalized spacial score (nSPS) is 16.5. The Bertz CT molecular complexity index is 600. The summed E-state index contributed by atoms with van der Waals surface area (Å²) in [7, 11) is 0. The Labute approximate surface area is 116 Å². The second-order valence-corrected chi connectivity index (χ2v) is 5.79. The maximum Gasteiger partial charge on any atom is 0.266 e. The highest BCUT2D eigenvalue weighted by Gasteiger charge is 2.22. The largest absolute Gasteiger partial charge is 0.397 e. The third kappa shape index (κ3) is 2.31. The number of amides is 1. The molecular formula is C14H17N3OS. The van der Waals surface area contributed by atoms with Crippen molar-refractivity contribution >= 4 is 33.0 Å². The van der Waals surface area contributed by atoms with Gasteiger partial charge in [-0.15, -0.1) is 11.3 Å². The van der Waals surface area contributed by atoms with Gasteiger partial charge >= 0.3 is 0 Å². The van der Waals surface area contributed by atoms with Crippen LogP contribution in [-0.2, 0) is 0 Å². The Morgan fingerprint density at radius 2 is 2.11 bits per heavy atom. The number of carbonyl (C=O) groups is 1. The van der Waals surface area contributed by atoms with E-state index in [1.54, 1.807) is 0 Å². The molecule has 3 N–H and O–H groups in total. The number of nitrogen functional groups attached to an aromatic ring is 1. The third-order valence-corrected chi connectivity index (χ3v) is 4.63. The molecule has 0 aliphatic carbocycles. The molecule has 1 aliphatic rings. The second kappa shape index (κ2) is 5.19. The molecule has 0 atom stereocenters. The number of rotatable bonds is 1. The van der Waals surface area contributed by atoms with Crippen molar-refractivity contribution in [2.24, 2.45) is 0 Å². The SMILES string of the molecule is Nc1c(C(=O)N2CCCNCC2)sc2ccccc12. The molecule has 4 nitrogen and oxygen atoms in total. The van der Waals surface area contributed by atoms with Crippen LogP contribution in [0, 0.1) is 0 Å². The minimum absolute atomic E-state index is 0.0717. The third-order valence-electron chi connectivity index (χ3n) is 3.46. The van der Waals surface area contributed by atoms with Gasteiger partial charge in [-0.3, -0.25) is 4.79 Å². The van der Waals surface area contributed by atoms with Gasteiger partial charge in [0.1, 0.15) is 4.88 Å². The van der Waals surface area contributed by atoms with Crippen LogP contribution >= 0.6 is 11.3 Å². The van der Waals surface area contributed by atoms with E-state index in [-0.39, 0.29) is 5.91 Å². The van der Waals surface area contributed by atoms with E-state index in [1.165, 1.54) is 11.3 Å². The number of hydrogen-bond acceptors (Lipinski definition) is 4. The van der Waals surface area contributed by atoms with Crippen molar-refractivity contribution in [3.05, 3.63) is 29.1 Å². The van der Waals surface area contributed by atoms with Crippen LogP contribution in [0.5, 0.6) is 0 Å². The molecule has 0 spiro atoms. The van der Waals surface area contributed by atoms with Gasteiger partial charge in [-0.2, -0.15) is 0 Å². The van der Waals surface area contributed by atoms with Crippen molar-refractivity contribution in [3.8, 4) is 0 Å². The molecule has 1 saturated heterocycles. The molecule has 1 amide bonds. The summed E-state index contributed by atoms with van der Waals surface area (Å²) < 4.78 is 1.08. The lowest BCUT2D eigenvalue weighted by Gasteiger charge is -2.19. The first-order chi connectivity index (χ1) is 9.27. The van der Waals surface area contributed by atoms with Gasteiger partial charge in [-0.25, -0.2) is 0 Å². The van der Waals surface area contributed by atoms with E-state index >= 15 is 0 Å². The van der Waals surface area contributed by atoms with Gasteiger partial charge in [0, 0.05) is 29.7 Å². The fraction of sp³-hybridized carbons (Fsp3) is 0.357. The number of benzene rings is 1. The van der Waals surface area contributed by atoms with Crippen LogP contribution in [-0.4, -0.2) is 37.0 Å². The standard InChI is InChI=1S/C14H17N3OS/c15-12-10-4-1-2-5-11(10)19-13(12)14(18)17-8-3-6-16-7-9-17/h1-2,4-5,16H,3,6-9,15H2. The van der Waals surface area contributed by atoms with E-state index in [9.17, 15) is 4.79 Å². The fourth-order valence-electron chi connectivity index (χ4n) is 2.42. The van der Waals surface area contributed by atoms with Crippen molar-refractivity contribution < 1.29 is 4.79 Å². The van der Waals surface area contributed by atoms with Gasteiger partial charge in [-0.1, -0.05) is 18.2 Å². The summed E-state index contributed by atoms with van der Waals surface area (Å²) in [6.45, 7) is 3.40. The van der Waals surface area contributed by atoms with Crippen molar-refractivity contribution in [1.82, 2.24) is 10.2 Å². The number of fused-ring (bicyclic) bond motifs is 1. The molecule has 0 saturated carbocycles. The molecule has 2 heterocycles. The van der Waals surface area contributed by atoms with E-state index < -0.39 is 0 Å². The summed E-state index contributed by atoms with van der Waals surface area (Å²) in [6, 6.07) is 7.91. The highest BCUT2D eigenvalue weighted by Crippen LogP contribution is 2.34. The van der Waals surface area contributed by atoms with Crippen LogP contribution < -0.4 is 11.1 Å². The van der Waals surface area contributed by atoms with Crippen LogP contribution in [0.1, 0.15) is 16.1 Å². The number of anilines is 1. The molecule has 5 heteroatoms. The predicted octanol–water partition coefficient (Wildman–Crippen LogP) is 1.92. The minimum Gasteiger partial charge on any atom is -0.397 e. The van der Waals surface area contributed by atoms with Crippen molar-refractivity contribution in [3.63, 3.8) is 0 Å². The summed E-state index contributed by atoms with van der Waals surface area (Å²) in [5, 5.41) is 4.29. The number of nitrogens with two attached hydrogens (primary N) is 1. The first-order valence-electron chi connectivity index (χ1n) is 6.54. The molecule has 1 fully saturated rings. The average Bonchev–Trinajstić information content (AvgIpc) is 2.64. The molecule has 1 aromatic heterocycles. The number of hydrogen-bond donors (Lipinski definition) is 2. The summed E-state index contributed by atoms with van der Waals surface area (Å²) in [5.41, 5.74) is 6.76. The molecule has 2 aromatic rings. The van der Waals surface area contributed by atoms with Crippen LogP contribution in [0.2, 0.25) is 0 Å². The molecule has 3 rings (SSSR count). The van der Waals surface area contributed by atoms with Gasteiger partial charge in [0.05, 0.1) is 5.69 Å². The number of carbonyl (C=O) groups excluding carboxylic acids is 1. The maximum absolute atomic E-state index is 12.6. The van der Waals surface area contributed by atoms with Crippen molar-refractivity contribution in [2.75, 3.05) is 31.9 Å². The predicted molar refractivity (Wildman–Crippen MR) is 79.6 cm³/mol. The molecule has 0 unspecified atom stereocenters. The van der Waals surface area contributed by atoms with Crippen molar-refractivity contribution in [2.45, 2.75) is 6.42 Å². The van der Waals surface area contributed by atoms with Crippen LogP contribution in [0.3, 0.4) is 0 Å². The zero-order chi connectivity index (χ0) is 13.2. The van der Waals surface area contributed by atoms with E-state index in [4.69, 9.17) is 5.73 Å². The molecule has 1 aromatic carbocycles. The molecule has 0 bridgehead atoms. The Balaban J connectivity index is 1.94.